The van der Waals surface area contributed by atoms with Crippen LogP contribution in [0.4, 0.5) is 10.1 Å². The van der Waals surface area contributed by atoms with Crippen LogP contribution in [0, 0.1) is 12.7 Å². The number of nitrogens with two attached hydrogens (primary N) is 1. The maximum Gasteiger partial charge on any atom is 0.261 e. The van der Waals surface area contributed by atoms with E-state index in [1.54, 1.807) is 13.0 Å². The molecular weight excluding hydrogens is 261 g/mol. The molecule has 20 heavy (non-hydrogen) atoms. The molecule has 0 radical (unpaired) electrons. The Morgan fingerprint density at radius 1 is 1.40 bits per heavy atom. The molecule has 6 heteroatoms. The molecule has 2 aromatic rings. The molecule has 4 N–H and O–H groups in total. The van der Waals surface area contributed by atoms with E-state index in [4.69, 9.17) is 5.73 Å². The third-order valence-electron chi connectivity index (χ3n) is 2.82. The zero-order valence-corrected chi connectivity index (χ0v) is 10.9. The number of hydrogen-bond acceptors (Lipinski definition) is 3. The Balaban J connectivity index is 2.25. The van der Waals surface area contributed by atoms with E-state index in [-0.39, 0.29) is 17.8 Å². The summed E-state index contributed by atoms with van der Waals surface area (Å²) in [7, 11) is 0. The molecule has 0 unspecified atom stereocenters. The fraction of sp³-hybridized carbons (Fsp3) is 0.143. The van der Waals surface area contributed by atoms with Gasteiger partial charge in [-0.2, -0.15) is 0 Å². The van der Waals surface area contributed by atoms with E-state index in [0.717, 1.165) is 0 Å². The lowest BCUT2D eigenvalue weighted by molar-refractivity contribution is 0.102. The zero-order valence-electron chi connectivity index (χ0n) is 10.9. The van der Waals surface area contributed by atoms with Gasteiger partial charge in [0.25, 0.3) is 5.91 Å². The van der Waals surface area contributed by atoms with Gasteiger partial charge in [-0.1, -0.05) is 6.07 Å². The predicted molar refractivity (Wildman–Crippen MR) is 74.0 cm³/mol. The molecule has 1 amide bonds. The predicted octanol–water partition coefficient (Wildman–Crippen LogP) is 1.53. The van der Waals surface area contributed by atoms with Crippen LogP contribution in [0.15, 0.2) is 35.3 Å². The van der Waals surface area contributed by atoms with Crippen molar-refractivity contribution >= 4 is 11.6 Å². The number of rotatable bonds is 3. The second kappa shape index (κ2) is 5.66. The summed E-state index contributed by atoms with van der Waals surface area (Å²) >= 11 is 0. The molecule has 0 spiro atoms. The van der Waals surface area contributed by atoms with Crippen molar-refractivity contribution in [2.75, 3.05) is 5.32 Å². The second-order valence-electron chi connectivity index (χ2n) is 4.37. The highest BCUT2D eigenvalue weighted by Crippen LogP contribution is 2.16. The number of hydrogen-bond donors (Lipinski definition) is 3. The van der Waals surface area contributed by atoms with E-state index in [1.165, 1.54) is 24.4 Å². The van der Waals surface area contributed by atoms with Gasteiger partial charge in [-0.15, -0.1) is 0 Å². The van der Waals surface area contributed by atoms with Gasteiger partial charge in [-0.05, 0) is 24.6 Å². The third-order valence-corrected chi connectivity index (χ3v) is 2.82. The summed E-state index contributed by atoms with van der Waals surface area (Å²) in [5.41, 5.74) is 6.17. The molecule has 104 valence electrons. The summed E-state index contributed by atoms with van der Waals surface area (Å²) in [5, 5.41) is 2.36. The minimum absolute atomic E-state index is 0.00664. The van der Waals surface area contributed by atoms with Gasteiger partial charge in [0.2, 0.25) is 0 Å². The largest absolute Gasteiger partial charge is 0.364 e. The number of nitrogens with one attached hydrogen (secondary N) is 2. The summed E-state index contributed by atoms with van der Waals surface area (Å²) in [6.07, 6.45) is 1.30. The smallest absolute Gasteiger partial charge is 0.261 e. The zero-order chi connectivity index (χ0) is 14.7. The van der Waals surface area contributed by atoms with Gasteiger partial charge in [-0.3, -0.25) is 9.59 Å². The van der Waals surface area contributed by atoms with Crippen LogP contribution in [0.3, 0.4) is 0 Å². The number of aromatic amines is 1. The first-order valence-electron chi connectivity index (χ1n) is 6.00. The Morgan fingerprint density at radius 3 is 2.75 bits per heavy atom. The number of anilines is 1. The van der Waals surface area contributed by atoms with Gasteiger partial charge in [-0.25, -0.2) is 4.39 Å². The summed E-state index contributed by atoms with van der Waals surface area (Å²) in [4.78, 5) is 26.4. The molecule has 0 atom stereocenters. The molecule has 0 aliphatic carbocycles. The highest BCUT2D eigenvalue weighted by atomic mass is 19.1. The van der Waals surface area contributed by atoms with Crippen molar-refractivity contribution in [3.8, 4) is 0 Å². The average Bonchev–Trinajstić information content (AvgIpc) is 2.40. The number of aromatic nitrogens is 1. The molecule has 2 rings (SSSR count). The Labute approximate surface area is 114 Å². The SMILES string of the molecule is Cc1cc(=O)c(C(=O)Nc2ccc(CN)cc2F)c[nH]1. The van der Waals surface area contributed by atoms with Crippen LogP contribution in [0.1, 0.15) is 21.6 Å². The summed E-state index contributed by atoms with van der Waals surface area (Å²) in [6, 6.07) is 5.58. The molecule has 0 fully saturated rings. The van der Waals surface area contributed by atoms with Crippen LogP contribution in [0.5, 0.6) is 0 Å². The van der Waals surface area contributed by atoms with Crippen molar-refractivity contribution in [1.29, 1.82) is 0 Å². The van der Waals surface area contributed by atoms with Crippen LogP contribution in [0.2, 0.25) is 0 Å². The highest BCUT2D eigenvalue weighted by Gasteiger charge is 2.13. The van der Waals surface area contributed by atoms with Crippen molar-refractivity contribution in [2.24, 2.45) is 5.73 Å². The number of benzene rings is 1. The number of carbonyl (C=O) groups excluding carboxylic acids is 1. The monoisotopic (exact) mass is 275 g/mol. The molecule has 0 saturated heterocycles. The molecule has 5 nitrogen and oxygen atoms in total. The van der Waals surface area contributed by atoms with Crippen LogP contribution in [-0.4, -0.2) is 10.9 Å². The van der Waals surface area contributed by atoms with E-state index in [2.05, 4.69) is 10.3 Å². The van der Waals surface area contributed by atoms with Crippen molar-refractivity contribution in [2.45, 2.75) is 13.5 Å². The van der Waals surface area contributed by atoms with Crippen LogP contribution < -0.4 is 16.5 Å². The summed E-state index contributed by atoms with van der Waals surface area (Å²) in [6.45, 7) is 1.91. The van der Waals surface area contributed by atoms with Crippen LogP contribution >= 0.6 is 0 Å². The van der Waals surface area contributed by atoms with Crippen molar-refractivity contribution in [3.05, 3.63) is 63.3 Å². The van der Waals surface area contributed by atoms with E-state index >= 15 is 0 Å². The Bertz CT molecular complexity index is 710. The number of aryl methyl sites for hydroxylation is 1. The first-order chi connectivity index (χ1) is 9.51. The lowest BCUT2D eigenvalue weighted by Gasteiger charge is -2.07. The minimum atomic E-state index is -0.661. The van der Waals surface area contributed by atoms with Gasteiger partial charge < -0.3 is 16.0 Å². The molecule has 1 aromatic heterocycles. The normalized spacial score (nSPS) is 10.3. The van der Waals surface area contributed by atoms with Crippen LogP contribution in [-0.2, 0) is 6.54 Å². The second-order valence-corrected chi connectivity index (χ2v) is 4.37. The van der Waals surface area contributed by atoms with Crippen molar-refractivity contribution in [1.82, 2.24) is 4.98 Å². The number of amides is 1. The molecule has 0 aliphatic heterocycles. The average molecular weight is 275 g/mol. The standard InChI is InChI=1S/C14H14FN3O2/c1-8-4-13(19)10(7-17-8)14(20)18-12-3-2-9(6-16)5-11(12)15/h2-5,7H,6,16H2,1H3,(H,17,19)(H,18,20). The summed E-state index contributed by atoms with van der Waals surface area (Å²) < 4.78 is 13.7. The lowest BCUT2D eigenvalue weighted by Crippen LogP contribution is -2.22. The minimum Gasteiger partial charge on any atom is -0.364 e. The number of pyridine rings is 1. The van der Waals surface area contributed by atoms with E-state index in [9.17, 15) is 14.0 Å². The van der Waals surface area contributed by atoms with Crippen molar-refractivity contribution < 1.29 is 9.18 Å². The van der Waals surface area contributed by atoms with Gasteiger partial charge >= 0.3 is 0 Å². The molecular formula is C14H14FN3O2. The first kappa shape index (κ1) is 14.0. The number of halogens is 1. The van der Waals surface area contributed by atoms with Gasteiger partial charge in [0.05, 0.1) is 5.69 Å². The van der Waals surface area contributed by atoms with E-state index in [0.29, 0.717) is 11.3 Å². The molecule has 0 saturated carbocycles. The number of carbonyl (C=O) groups is 1. The molecule has 1 heterocycles. The quantitative estimate of drug-likeness (QED) is 0.793. The van der Waals surface area contributed by atoms with E-state index < -0.39 is 17.2 Å². The highest BCUT2D eigenvalue weighted by molar-refractivity contribution is 6.04. The molecule has 1 aromatic carbocycles. The fourth-order valence-electron chi connectivity index (χ4n) is 1.73. The molecule has 0 aliphatic rings. The van der Waals surface area contributed by atoms with Crippen LogP contribution in [0.25, 0.3) is 0 Å². The number of H-pyrrole nitrogens is 1. The Hall–Kier alpha value is -2.47. The molecule has 0 bridgehead atoms. The third kappa shape index (κ3) is 2.92. The lowest BCUT2D eigenvalue weighted by atomic mass is 10.2. The Morgan fingerprint density at radius 2 is 2.15 bits per heavy atom. The van der Waals surface area contributed by atoms with E-state index in [1.807, 2.05) is 0 Å². The maximum absolute atomic E-state index is 13.7. The van der Waals surface area contributed by atoms with Gasteiger partial charge in [0.1, 0.15) is 11.4 Å². The van der Waals surface area contributed by atoms with Crippen molar-refractivity contribution in [3.63, 3.8) is 0 Å². The van der Waals surface area contributed by atoms with Gasteiger partial charge in [0, 0.05) is 24.5 Å². The summed E-state index contributed by atoms with van der Waals surface area (Å²) in [5.74, 6) is -1.25. The fourth-order valence-corrected chi connectivity index (χ4v) is 1.73. The maximum atomic E-state index is 13.7. The first-order valence-corrected chi connectivity index (χ1v) is 6.00. The van der Waals surface area contributed by atoms with Gasteiger partial charge in [0.15, 0.2) is 5.43 Å². The Kier molecular flexibility index (Phi) is 3.95. The topological polar surface area (TPSA) is 88.0 Å².